The number of methoxy groups -OCH3 is 2. The minimum absolute atomic E-state index is 0.177. The molecule has 1 aromatic rings. The first-order valence-electron chi connectivity index (χ1n) is 7.65. The number of aromatic nitrogens is 1. The first-order chi connectivity index (χ1) is 10.2. The van der Waals surface area contributed by atoms with Gasteiger partial charge in [0.05, 0.1) is 6.61 Å². The van der Waals surface area contributed by atoms with E-state index in [0.29, 0.717) is 6.61 Å². The zero-order valence-corrected chi connectivity index (χ0v) is 13.5. The minimum atomic E-state index is 0.177. The van der Waals surface area contributed by atoms with Gasteiger partial charge in [-0.3, -0.25) is 0 Å². The SMILES string of the molecule is CCC(N)Cc1cccnc1N(CCCOC)CCOC. The van der Waals surface area contributed by atoms with Gasteiger partial charge in [-0.2, -0.15) is 0 Å². The summed E-state index contributed by atoms with van der Waals surface area (Å²) in [5.41, 5.74) is 7.31. The number of nitrogens with zero attached hydrogens (tertiary/aromatic N) is 2. The molecule has 0 saturated carbocycles. The quantitative estimate of drug-likeness (QED) is 0.631. The molecule has 0 fully saturated rings. The summed E-state index contributed by atoms with van der Waals surface area (Å²) in [6, 6.07) is 4.27. The van der Waals surface area contributed by atoms with Crippen LogP contribution in [0.2, 0.25) is 0 Å². The van der Waals surface area contributed by atoms with Crippen molar-refractivity contribution in [3.63, 3.8) is 0 Å². The molecule has 0 saturated heterocycles. The molecule has 0 amide bonds. The molecule has 1 unspecified atom stereocenters. The van der Waals surface area contributed by atoms with E-state index in [4.69, 9.17) is 15.2 Å². The molecule has 0 spiro atoms. The van der Waals surface area contributed by atoms with Crippen LogP contribution in [0.15, 0.2) is 18.3 Å². The van der Waals surface area contributed by atoms with Gasteiger partial charge in [0.15, 0.2) is 0 Å². The van der Waals surface area contributed by atoms with Crippen LogP contribution in [0.25, 0.3) is 0 Å². The second kappa shape index (κ2) is 10.5. The predicted octanol–water partition coefficient (Wildman–Crippen LogP) is 1.85. The zero-order valence-electron chi connectivity index (χ0n) is 13.5. The fraction of sp³-hybridized carbons (Fsp3) is 0.688. The Morgan fingerprint density at radius 2 is 2.00 bits per heavy atom. The van der Waals surface area contributed by atoms with Gasteiger partial charge in [0.25, 0.3) is 0 Å². The molecule has 5 nitrogen and oxygen atoms in total. The third kappa shape index (κ3) is 6.42. The first-order valence-corrected chi connectivity index (χ1v) is 7.65. The molecule has 0 aliphatic carbocycles. The third-order valence-corrected chi connectivity index (χ3v) is 3.52. The molecule has 0 aromatic carbocycles. The van der Waals surface area contributed by atoms with Crippen molar-refractivity contribution < 1.29 is 9.47 Å². The third-order valence-electron chi connectivity index (χ3n) is 3.52. The lowest BCUT2D eigenvalue weighted by atomic mass is 10.0. The fourth-order valence-corrected chi connectivity index (χ4v) is 2.23. The summed E-state index contributed by atoms with van der Waals surface area (Å²) in [6.07, 6.45) is 4.63. The molecule has 120 valence electrons. The highest BCUT2D eigenvalue weighted by Crippen LogP contribution is 2.19. The van der Waals surface area contributed by atoms with Crippen LogP contribution in [0.4, 0.5) is 5.82 Å². The van der Waals surface area contributed by atoms with Crippen LogP contribution in [0.5, 0.6) is 0 Å². The van der Waals surface area contributed by atoms with E-state index in [-0.39, 0.29) is 6.04 Å². The van der Waals surface area contributed by atoms with E-state index in [9.17, 15) is 0 Å². The molecular formula is C16H29N3O2. The Morgan fingerprint density at radius 1 is 1.24 bits per heavy atom. The van der Waals surface area contributed by atoms with Crippen molar-refractivity contribution in [2.45, 2.75) is 32.2 Å². The Kier molecular flexibility index (Phi) is 8.98. The molecule has 2 N–H and O–H groups in total. The molecule has 0 bridgehead atoms. The zero-order chi connectivity index (χ0) is 15.5. The van der Waals surface area contributed by atoms with Crippen molar-refractivity contribution in [3.05, 3.63) is 23.9 Å². The molecule has 0 aliphatic heterocycles. The van der Waals surface area contributed by atoms with Gasteiger partial charge in [-0.25, -0.2) is 4.98 Å². The lowest BCUT2D eigenvalue weighted by Crippen LogP contribution is -2.32. The molecular weight excluding hydrogens is 266 g/mol. The van der Waals surface area contributed by atoms with Crippen LogP contribution in [0.3, 0.4) is 0 Å². The van der Waals surface area contributed by atoms with Gasteiger partial charge in [0, 0.05) is 46.2 Å². The van der Waals surface area contributed by atoms with E-state index in [1.165, 1.54) is 5.56 Å². The van der Waals surface area contributed by atoms with Crippen molar-refractivity contribution in [1.82, 2.24) is 4.98 Å². The number of pyridine rings is 1. The molecule has 0 radical (unpaired) electrons. The van der Waals surface area contributed by atoms with Crippen LogP contribution in [0, 0.1) is 0 Å². The fourth-order valence-electron chi connectivity index (χ4n) is 2.23. The molecule has 1 rings (SSSR count). The summed E-state index contributed by atoms with van der Waals surface area (Å²) >= 11 is 0. The summed E-state index contributed by atoms with van der Waals surface area (Å²) in [6.45, 7) is 5.28. The molecule has 21 heavy (non-hydrogen) atoms. The van der Waals surface area contributed by atoms with Crippen molar-refractivity contribution in [2.75, 3.05) is 45.4 Å². The number of nitrogens with two attached hydrogens (primary N) is 1. The van der Waals surface area contributed by atoms with Crippen molar-refractivity contribution in [3.8, 4) is 0 Å². The second-order valence-electron chi connectivity index (χ2n) is 5.18. The van der Waals surface area contributed by atoms with E-state index >= 15 is 0 Å². The maximum absolute atomic E-state index is 6.10. The lowest BCUT2D eigenvalue weighted by molar-refractivity contribution is 0.191. The normalized spacial score (nSPS) is 12.4. The Bertz CT molecular complexity index is 388. The Morgan fingerprint density at radius 3 is 2.67 bits per heavy atom. The van der Waals surface area contributed by atoms with Gasteiger partial charge in [-0.15, -0.1) is 0 Å². The van der Waals surface area contributed by atoms with Gasteiger partial charge in [0.1, 0.15) is 5.82 Å². The lowest BCUT2D eigenvalue weighted by Gasteiger charge is -2.26. The average molecular weight is 295 g/mol. The number of hydrogen-bond acceptors (Lipinski definition) is 5. The molecule has 1 aromatic heterocycles. The molecule has 0 aliphatic rings. The van der Waals surface area contributed by atoms with Crippen molar-refractivity contribution in [1.29, 1.82) is 0 Å². The highest BCUT2D eigenvalue weighted by molar-refractivity contribution is 5.47. The number of hydrogen-bond donors (Lipinski definition) is 1. The van der Waals surface area contributed by atoms with Gasteiger partial charge >= 0.3 is 0 Å². The second-order valence-corrected chi connectivity index (χ2v) is 5.18. The summed E-state index contributed by atoms with van der Waals surface area (Å²) in [7, 11) is 3.45. The predicted molar refractivity (Wildman–Crippen MR) is 86.8 cm³/mol. The number of rotatable bonds is 11. The van der Waals surface area contributed by atoms with Crippen LogP contribution in [0.1, 0.15) is 25.3 Å². The first kappa shape index (κ1) is 17.9. The maximum atomic E-state index is 6.10. The number of anilines is 1. The van der Waals surface area contributed by atoms with Gasteiger partial charge < -0.3 is 20.1 Å². The topological polar surface area (TPSA) is 60.6 Å². The molecule has 1 heterocycles. The molecule has 5 heteroatoms. The highest BCUT2D eigenvalue weighted by atomic mass is 16.5. The van der Waals surface area contributed by atoms with Crippen LogP contribution < -0.4 is 10.6 Å². The smallest absolute Gasteiger partial charge is 0.131 e. The number of ether oxygens (including phenoxy) is 2. The monoisotopic (exact) mass is 295 g/mol. The van der Waals surface area contributed by atoms with E-state index in [2.05, 4.69) is 22.9 Å². The average Bonchev–Trinajstić information content (AvgIpc) is 2.51. The minimum Gasteiger partial charge on any atom is -0.385 e. The van der Waals surface area contributed by atoms with Gasteiger partial charge in [-0.1, -0.05) is 13.0 Å². The largest absolute Gasteiger partial charge is 0.385 e. The Hall–Kier alpha value is -1.17. The van der Waals surface area contributed by atoms with Crippen molar-refractivity contribution in [2.24, 2.45) is 5.73 Å². The Balaban J connectivity index is 2.83. The van der Waals surface area contributed by atoms with E-state index in [0.717, 1.165) is 44.8 Å². The van der Waals surface area contributed by atoms with Crippen LogP contribution >= 0.6 is 0 Å². The van der Waals surface area contributed by atoms with Crippen molar-refractivity contribution >= 4 is 5.82 Å². The van der Waals surface area contributed by atoms with Gasteiger partial charge in [0.2, 0.25) is 0 Å². The molecule has 1 atom stereocenters. The summed E-state index contributed by atoms with van der Waals surface area (Å²) < 4.78 is 10.4. The Labute approximate surface area is 128 Å². The summed E-state index contributed by atoms with van der Waals surface area (Å²) in [5, 5.41) is 0. The summed E-state index contributed by atoms with van der Waals surface area (Å²) in [5.74, 6) is 1.02. The highest BCUT2D eigenvalue weighted by Gasteiger charge is 2.14. The van der Waals surface area contributed by atoms with Gasteiger partial charge in [-0.05, 0) is 30.9 Å². The standard InChI is InChI=1S/C16H29N3O2/c1-4-15(17)13-14-7-5-8-18-16(14)19(10-12-21-3)9-6-11-20-2/h5,7-8,15H,4,6,9-13,17H2,1-3H3. The van der Waals surface area contributed by atoms with E-state index in [1.807, 2.05) is 12.3 Å². The summed E-state index contributed by atoms with van der Waals surface area (Å²) in [4.78, 5) is 6.84. The van der Waals surface area contributed by atoms with Crippen LogP contribution in [-0.4, -0.2) is 51.5 Å². The van der Waals surface area contributed by atoms with E-state index in [1.54, 1.807) is 14.2 Å². The maximum Gasteiger partial charge on any atom is 0.131 e. The van der Waals surface area contributed by atoms with E-state index < -0.39 is 0 Å². The van der Waals surface area contributed by atoms with Crippen LogP contribution in [-0.2, 0) is 15.9 Å².